The Balaban J connectivity index is 1.96. The molecule has 0 aliphatic rings. The quantitative estimate of drug-likeness (QED) is 0.281. The lowest BCUT2D eigenvalue weighted by molar-refractivity contribution is 0.563. The van der Waals surface area contributed by atoms with E-state index in [-0.39, 0.29) is 0 Å². The molecule has 0 aliphatic carbocycles. The van der Waals surface area contributed by atoms with Crippen LogP contribution < -0.4 is 0 Å². The predicted molar refractivity (Wildman–Crippen MR) is 132 cm³/mol. The minimum atomic E-state index is 0.306. The summed E-state index contributed by atoms with van der Waals surface area (Å²) < 4.78 is 3.79. The molecule has 8 heteroatoms. The smallest absolute Gasteiger partial charge is 0.202 e. The molecule has 2 heterocycles. The Bertz CT molecular complexity index is 1260. The summed E-state index contributed by atoms with van der Waals surface area (Å²) in [5.41, 5.74) is 4.28. The number of rotatable bonds is 6. The fourth-order valence-electron chi connectivity index (χ4n) is 3.72. The molecule has 1 unspecified atom stereocenters. The molecule has 4 rings (SSSR count). The maximum absolute atomic E-state index is 6.57. The highest BCUT2D eigenvalue weighted by Crippen LogP contribution is 2.36. The summed E-state index contributed by atoms with van der Waals surface area (Å²) in [6, 6.07) is 13.0. The molecule has 4 aromatic rings. The van der Waals surface area contributed by atoms with E-state index >= 15 is 0 Å². The number of halogens is 3. The van der Waals surface area contributed by atoms with Gasteiger partial charge in [-0.25, -0.2) is 14.3 Å². The largest absolute Gasteiger partial charge is 0.249 e. The zero-order chi connectivity index (χ0) is 23.0. The van der Waals surface area contributed by atoms with Gasteiger partial charge in [-0.2, -0.15) is 5.10 Å². The van der Waals surface area contributed by atoms with E-state index in [4.69, 9.17) is 50.0 Å². The highest BCUT2D eigenvalue weighted by Gasteiger charge is 2.24. The number of nitrogens with zero attached hydrogens (tertiary/aromatic N) is 5. The topological polar surface area (TPSA) is 48.5 Å². The monoisotopic (exact) mass is 487 g/mol. The highest BCUT2D eigenvalue weighted by molar-refractivity contribution is 6.35. The summed E-state index contributed by atoms with van der Waals surface area (Å²) in [6.07, 6.45) is 0.988. The van der Waals surface area contributed by atoms with Crippen molar-refractivity contribution in [3.8, 4) is 28.5 Å². The standard InChI is InChI=1S/C24H24Cl3N5/c1-5-14(3)24-28-23(30-31(24)6-2)21-15(4)22(16-7-9-17(25)10-8-16)32(29-21)20-12-11-18(26)13-19(20)27/h7-14H,5-6H2,1-4H3. The Morgan fingerprint density at radius 2 is 1.62 bits per heavy atom. The molecule has 0 radical (unpaired) electrons. The van der Waals surface area contributed by atoms with Gasteiger partial charge in [0.05, 0.1) is 16.4 Å². The molecule has 0 spiro atoms. The molecule has 0 fully saturated rings. The van der Waals surface area contributed by atoms with Crippen LogP contribution in [0.2, 0.25) is 15.1 Å². The van der Waals surface area contributed by atoms with E-state index in [1.807, 2.05) is 46.6 Å². The van der Waals surface area contributed by atoms with Crippen molar-refractivity contribution in [1.82, 2.24) is 24.5 Å². The Morgan fingerprint density at radius 1 is 0.938 bits per heavy atom. The third kappa shape index (κ3) is 4.17. The van der Waals surface area contributed by atoms with E-state index in [1.165, 1.54) is 0 Å². The maximum atomic E-state index is 6.57. The van der Waals surface area contributed by atoms with E-state index < -0.39 is 0 Å². The highest BCUT2D eigenvalue weighted by atomic mass is 35.5. The second-order valence-corrected chi connectivity index (χ2v) is 9.04. The van der Waals surface area contributed by atoms with Gasteiger partial charge >= 0.3 is 0 Å². The molecule has 166 valence electrons. The number of hydrogen-bond acceptors (Lipinski definition) is 3. The van der Waals surface area contributed by atoms with Gasteiger partial charge in [0, 0.05) is 33.6 Å². The van der Waals surface area contributed by atoms with Gasteiger partial charge in [-0.3, -0.25) is 0 Å². The van der Waals surface area contributed by atoms with E-state index in [0.717, 1.165) is 47.0 Å². The number of aromatic nitrogens is 5. The molecular formula is C24H24Cl3N5. The molecule has 0 saturated heterocycles. The fourth-order valence-corrected chi connectivity index (χ4v) is 4.33. The van der Waals surface area contributed by atoms with Gasteiger partial charge in [0.25, 0.3) is 0 Å². The van der Waals surface area contributed by atoms with Crippen LogP contribution in [0.5, 0.6) is 0 Å². The zero-order valence-corrected chi connectivity index (χ0v) is 20.7. The summed E-state index contributed by atoms with van der Waals surface area (Å²) in [5.74, 6) is 1.88. The lowest BCUT2D eigenvalue weighted by atomic mass is 10.1. The van der Waals surface area contributed by atoms with Crippen LogP contribution in [0.25, 0.3) is 28.5 Å². The molecule has 0 bridgehead atoms. The number of benzene rings is 2. The third-order valence-electron chi connectivity index (χ3n) is 5.64. The first-order valence-corrected chi connectivity index (χ1v) is 11.7. The molecule has 2 aromatic carbocycles. The average Bonchev–Trinajstić information content (AvgIpc) is 3.35. The first-order chi connectivity index (χ1) is 15.3. The summed E-state index contributed by atoms with van der Waals surface area (Å²) in [5, 5.41) is 11.5. The summed E-state index contributed by atoms with van der Waals surface area (Å²) in [4.78, 5) is 4.88. The van der Waals surface area contributed by atoms with E-state index in [1.54, 1.807) is 12.1 Å². The van der Waals surface area contributed by atoms with Gasteiger partial charge in [-0.15, -0.1) is 5.10 Å². The molecule has 0 saturated carbocycles. The van der Waals surface area contributed by atoms with Gasteiger partial charge in [0.1, 0.15) is 11.5 Å². The first-order valence-electron chi connectivity index (χ1n) is 10.6. The van der Waals surface area contributed by atoms with Gasteiger partial charge in [0.2, 0.25) is 5.82 Å². The average molecular weight is 489 g/mol. The van der Waals surface area contributed by atoms with Crippen LogP contribution in [0.1, 0.15) is 44.5 Å². The minimum Gasteiger partial charge on any atom is -0.249 e. The fraction of sp³-hybridized carbons (Fsp3) is 0.292. The van der Waals surface area contributed by atoms with Crippen molar-refractivity contribution in [2.75, 3.05) is 0 Å². The Morgan fingerprint density at radius 3 is 2.25 bits per heavy atom. The lowest BCUT2D eigenvalue weighted by Gasteiger charge is -2.11. The van der Waals surface area contributed by atoms with Crippen LogP contribution in [0, 0.1) is 6.92 Å². The third-order valence-corrected chi connectivity index (χ3v) is 6.43. The van der Waals surface area contributed by atoms with Gasteiger partial charge in [0.15, 0.2) is 0 Å². The molecule has 32 heavy (non-hydrogen) atoms. The molecule has 0 aliphatic heterocycles. The van der Waals surface area contributed by atoms with Gasteiger partial charge in [-0.05, 0) is 50.6 Å². The zero-order valence-electron chi connectivity index (χ0n) is 18.4. The van der Waals surface area contributed by atoms with Crippen LogP contribution in [0.3, 0.4) is 0 Å². The van der Waals surface area contributed by atoms with Gasteiger partial charge < -0.3 is 0 Å². The predicted octanol–water partition coefficient (Wildman–Crippen LogP) is 7.60. The van der Waals surface area contributed by atoms with Crippen molar-refractivity contribution in [1.29, 1.82) is 0 Å². The van der Waals surface area contributed by atoms with E-state index in [9.17, 15) is 0 Å². The SMILES string of the molecule is CCC(C)c1nc(-c2nn(-c3ccc(Cl)cc3Cl)c(-c3ccc(Cl)cc3)c2C)nn1CC. The Kier molecular flexibility index (Phi) is 6.61. The van der Waals surface area contributed by atoms with Crippen LogP contribution >= 0.6 is 34.8 Å². The Hall–Kier alpha value is -2.34. The van der Waals surface area contributed by atoms with Crippen molar-refractivity contribution < 1.29 is 0 Å². The summed E-state index contributed by atoms with van der Waals surface area (Å²) >= 11 is 18.8. The molecular weight excluding hydrogens is 465 g/mol. The number of aryl methyl sites for hydroxylation is 1. The maximum Gasteiger partial charge on any atom is 0.202 e. The van der Waals surface area contributed by atoms with Gasteiger partial charge in [-0.1, -0.05) is 60.8 Å². The van der Waals surface area contributed by atoms with Crippen LogP contribution in [0.4, 0.5) is 0 Å². The molecule has 0 N–H and O–H groups in total. The molecule has 0 amide bonds. The van der Waals surface area contributed by atoms with E-state index in [0.29, 0.717) is 26.8 Å². The Labute approximate surface area is 203 Å². The molecule has 1 atom stereocenters. The summed E-state index contributed by atoms with van der Waals surface area (Å²) in [6.45, 7) is 9.17. The molecule has 2 aromatic heterocycles. The second-order valence-electron chi connectivity index (χ2n) is 7.76. The summed E-state index contributed by atoms with van der Waals surface area (Å²) in [7, 11) is 0. The second kappa shape index (κ2) is 9.26. The van der Waals surface area contributed by atoms with Crippen LogP contribution in [-0.2, 0) is 6.54 Å². The van der Waals surface area contributed by atoms with E-state index in [2.05, 4.69) is 20.8 Å². The first kappa shape index (κ1) is 22.8. The van der Waals surface area contributed by atoms with Crippen molar-refractivity contribution in [3.05, 3.63) is 68.9 Å². The normalized spacial score (nSPS) is 12.3. The van der Waals surface area contributed by atoms with Crippen molar-refractivity contribution in [2.45, 2.75) is 46.6 Å². The number of hydrogen-bond donors (Lipinski definition) is 0. The van der Waals surface area contributed by atoms with Crippen molar-refractivity contribution >= 4 is 34.8 Å². The van der Waals surface area contributed by atoms with Crippen LogP contribution in [0.15, 0.2) is 42.5 Å². The van der Waals surface area contributed by atoms with Crippen LogP contribution in [-0.4, -0.2) is 24.5 Å². The molecule has 5 nitrogen and oxygen atoms in total. The van der Waals surface area contributed by atoms with Crippen molar-refractivity contribution in [2.24, 2.45) is 0 Å². The lowest BCUT2D eigenvalue weighted by Crippen LogP contribution is -2.06. The van der Waals surface area contributed by atoms with Crippen molar-refractivity contribution in [3.63, 3.8) is 0 Å². The minimum absolute atomic E-state index is 0.306.